The molecule has 286 valence electrons. The highest BCUT2D eigenvalue weighted by atomic mass is 127. The van der Waals surface area contributed by atoms with E-state index in [9.17, 15) is 18.5 Å². The van der Waals surface area contributed by atoms with Crippen LogP contribution >= 0.6 is 0 Å². The third-order valence-corrected chi connectivity index (χ3v) is 13.7. The highest BCUT2D eigenvalue weighted by Gasteiger charge is 2.87. The molecule has 1 aliphatic carbocycles. The molecule has 4 rings (SSSR count). The number of benzene rings is 3. The van der Waals surface area contributed by atoms with Crippen LogP contribution in [0.4, 0.5) is 0 Å². The molecular weight excluding hydrogens is 886 g/mol. The predicted octanol–water partition coefficient (Wildman–Crippen LogP) is -0.218. The lowest BCUT2D eigenvalue weighted by atomic mass is 9.33. The molecule has 3 aromatic carbocycles. The van der Waals surface area contributed by atoms with Crippen molar-refractivity contribution < 1.29 is 71.5 Å². The molecule has 8 nitrogen and oxygen atoms in total. The summed E-state index contributed by atoms with van der Waals surface area (Å²) in [4.78, 5) is 14.8. The van der Waals surface area contributed by atoms with E-state index in [2.05, 4.69) is 62.3 Å². The third kappa shape index (κ3) is 7.87. The Morgan fingerprint density at radius 3 is 1.69 bits per heavy atom. The maximum Gasteiger partial charge on any atom is 0.507 e. The fourth-order valence-electron chi connectivity index (χ4n) is 10.2. The molecule has 6 atom stereocenters. The van der Waals surface area contributed by atoms with E-state index in [1.165, 1.54) is 0 Å². The van der Waals surface area contributed by atoms with Gasteiger partial charge in [0.25, 0.3) is 0 Å². The first-order valence-corrected chi connectivity index (χ1v) is 23.4. The summed E-state index contributed by atoms with van der Waals surface area (Å²) in [6, 6.07) is 25.3. The fraction of sp³-hybridized carbons (Fsp3) is 0.548. The number of carbonyl (C=O) groups is 1. The molecule has 10 heteroatoms. The molecule has 0 aromatic heterocycles. The summed E-state index contributed by atoms with van der Waals surface area (Å²) >= 11 is -9.42. The van der Waals surface area contributed by atoms with E-state index in [1.807, 2.05) is 61.5 Å². The van der Waals surface area contributed by atoms with Gasteiger partial charge in [-0.15, -0.1) is 0 Å². The Bertz CT molecular complexity index is 1620. The minimum Gasteiger partial charge on any atom is -0.448 e. The van der Waals surface area contributed by atoms with Crippen molar-refractivity contribution in [3.63, 3.8) is 0 Å². The average molecular weight is 943 g/mol. The van der Waals surface area contributed by atoms with Crippen LogP contribution in [0.1, 0.15) is 109 Å². The molecule has 0 spiro atoms. The Hall–Kier alpha value is -1.65. The lowest BCUT2D eigenvalue weighted by Gasteiger charge is -2.72. The first kappa shape index (κ1) is 43.1. The highest BCUT2D eigenvalue weighted by Crippen LogP contribution is 2.76. The SMILES string of the molecule is Cc1ccccc1C1(O[I+2]([O-])[O-])C(Cc2ccccc2)(OC(=O)c2ccccc2)C(O[I+2]([O-])[O-])C(C)(CC(C)C)C(C)(CC(C)C)C1(C)CC(C)C. The second-order valence-electron chi connectivity index (χ2n) is 16.6. The van der Waals surface area contributed by atoms with Gasteiger partial charge in [-0.2, -0.15) is 0 Å². The molecule has 1 aliphatic rings. The predicted molar refractivity (Wildman–Crippen MR) is 186 cm³/mol. The number of ether oxygens (including phenoxy) is 1. The van der Waals surface area contributed by atoms with E-state index < -0.39 is 81.6 Å². The number of hydrogen-bond donors (Lipinski definition) is 0. The van der Waals surface area contributed by atoms with Crippen LogP contribution in [-0.2, 0) is 22.9 Å². The summed E-state index contributed by atoms with van der Waals surface area (Å²) in [6.07, 6.45) is 0.111. The van der Waals surface area contributed by atoms with Gasteiger partial charge in [-0.3, -0.25) is 0 Å². The molecular formula is C42H56I2O8. The van der Waals surface area contributed by atoms with Crippen molar-refractivity contribution >= 4 is 5.97 Å². The summed E-state index contributed by atoms with van der Waals surface area (Å²) < 4.78 is 74.4. The Labute approximate surface area is 328 Å². The Morgan fingerprint density at radius 2 is 1.19 bits per heavy atom. The van der Waals surface area contributed by atoms with Crippen molar-refractivity contribution in [2.45, 2.75) is 112 Å². The molecule has 1 saturated carbocycles. The van der Waals surface area contributed by atoms with Crippen molar-refractivity contribution in [2.24, 2.45) is 34.0 Å². The summed E-state index contributed by atoms with van der Waals surface area (Å²) in [5, 5.41) is 0. The highest BCUT2D eigenvalue weighted by molar-refractivity contribution is 5.90. The molecule has 0 heterocycles. The summed E-state index contributed by atoms with van der Waals surface area (Å²) in [5.41, 5.74) is -4.78. The van der Waals surface area contributed by atoms with Crippen molar-refractivity contribution in [2.75, 3.05) is 0 Å². The van der Waals surface area contributed by atoms with Crippen LogP contribution in [0.3, 0.4) is 0 Å². The van der Waals surface area contributed by atoms with Crippen LogP contribution in [-0.4, -0.2) is 17.7 Å². The topological polar surface area (TPSA) is 137 Å². The molecule has 0 aliphatic heterocycles. The zero-order valence-corrected chi connectivity index (χ0v) is 36.6. The van der Waals surface area contributed by atoms with Gasteiger partial charge in [0.05, 0.1) is 5.56 Å². The minimum atomic E-state index is -4.78. The van der Waals surface area contributed by atoms with E-state index in [1.54, 1.807) is 30.3 Å². The van der Waals surface area contributed by atoms with Crippen LogP contribution in [0.5, 0.6) is 0 Å². The molecule has 0 bridgehead atoms. The Balaban J connectivity index is 2.42. The van der Waals surface area contributed by atoms with Crippen molar-refractivity contribution in [1.82, 2.24) is 0 Å². The van der Waals surface area contributed by atoms with Crippen LogP contribution in [0, 0.1) is 40.9 Å². The first-order valence-electron chi connectivity index (χ1n) is 18.2. The van der Waals surface area contributed by atoms with Gasteiger partial charge in [0.1, 0.15) is 0 Å². The van der Waals surface area contributed by atoms with Gasteiger partial charge in [-0.1, -0.05) is 135 Å². The normalized spacial score (nSPS) is 29.4. The van der Waals surface area contributed by atoms with Gasteiger partial charge in [0, 0.05) is 22.8 Å². The molecule has 1 fully saturated rings. The van der Waals surface area contributed by atoms with Crippen LogP contribution < -0.4 is 55.9 Å². The number of aryl methyl sites for hydroxylation is 1. The minimum absolute atomic E-state index is 0.0198. The van der Waals surface area contributed by atoms with Crippen molar-refractivity contribution in [3.8, 4) is 0 Å². The van der Waals surface area contributed by atoms with E-state index in [0.29, 0.717) is 30.4 Å². The monoisotopic (exact) mass is 942 g/mol. The lowest BCUT2D eigenvalue weighted by molar-refractivity contribution is -1.64. The van der Waals surface area contributed by atoms with E-state index >= 15 is 0 Å². The Kier molecular flexibility index (Phi) is 14.1. The number of hydrogen-bond acceptors (Lipinski definition) is 8. The summed E-state index contributed by atoms with van der Waals surface area (Å²) in [7, 11) is 0. The van der Waals surface area contributed by atoms with Gasteiger partial charge < -0.3 is 18.5 Å². The number of halogens is 2. The van der Waals surface area contributed by atoms with Crippen LogP contribution in [0.25, 0.3) is 0 Å². The van der Waals surface area contributed by atoms with Gasteiger partial charge in [0.15, 0.2) is 5.60 Å². The molecule has 3 aromatic rings. The van der Waals surface area contributed by atoms with Gasteiger partial charge in [0.2, 0.25) is 11.7 Å². The van der Waals surface area contributed by atoms with Crippen LogP contribution in [0.15, 0.2) is 84.9 Å². The number of esters is 1. The van der Waals surface area contributed by atoms with Gasteiger partial charge >= 0.3 is 48.1 Å². The molecule has 6 unspecified atom stereocenters. The van der Waals surface area contributed by atoms with Gasteiger partial charge in [-0.05, 0) is 78.7 Å². The zero-order valence-electron chi connectivity index (χ0n) is 32.2. The molecule has 0 amide bonds. The molecule has 0 N–H and O–H groups in total. The standard InChI is InChI=1S/C42H56I2O8/c1-29(2)25-38(8)37(51-43(46)47)41(28-33-20-13-11-14-21-33,50-36(45)34-22-15-12-16-23-34)42(52-44(48)49,35-24-18-17-19-32(35)7)40(10,27-31(5)6)39(38,9)26-30(3)4/h11-24,29-31,37H,25-28H2,1-10H3. The van der Waals surface area contributed by atoms with E-state index in [0.717, 1.165) is 5.56 Å². The maximum atomic E-state index is 14.8. The molecule has 0 radical (unpaired) electrons. The summed E-state index contributed by atoms with van der Waals surface area (Å²) in [5.74, 6) is -0.548. The van der Waals surface area contributed by atoms with E-state index in [4.69, 9.17) is 10.9 Å². The van der Waals surface area contributed by atoms with Gasteiger partial charge in [-0.25, -0.2) is 4.79 Å². The number of carbonyl (C=O) groups excluding carboxylic acids is 1. The number of rotatable bonds is 15. The second kappa shape index (κ2) is 17.0. The van der Waals surface area contributed by atoms with Crippen molar-refractivity contribution in [3.05, 3.63) is 107 Å². The maximum absolute atomic E-state index is 14.8. The smallest absolute Gasteiger partial charge is 0.448 e. The second-order valence-corrected chi connectivity index (χ2v) is 19.7. The lowest BCUT2D eigenvalue weighted by Crippen LogP contribution is -3.99. The zero-order chi connectivity index (χ0) is 38.7. The first-order chi connectivity index (χ1) is 24.3. The molecule has 0 saturated heterocycles. The molecule has 52 heavy (non-hydrogen) atoms. The van der Waals surface area contributed by atoms with Crippen molar-refractivity contribution in [1.29, 1.82) is 0 Å². The fourth-order valence-corrected chi connectivity index (χ4v) is 13.2. The van der Waals surface area contributed by atoms with Crippen LogP contribution in [0.2, 0.25) is 0 Å². The quantitative estimate of drug-likeness (QED) is 0.151. The largest absolute Gasteiger partial charge is 0.507 e. The third-order valence-electron chi connectivity index (χ3n) is 11.8. The average Bonchev–Trinajstić information content (AvgIpc) is 3.05. The van der Waals surface area contributed by atoms with E-state index in [-0.39, 0.29) is 29.7 Å². The summed E-state index contributed by atoms with van der Waals surface area (Å²) in [6.45, 7) is 20.9. The Morgan fingerprint density at radius 1 is 0.692 bits per heavy atom.